The molecule has 0 aliphatic heterocycles. The molecule has 114 valence electrons. The third-order valence-corrected chi connectivity index (χ3v) is 3.95. The highest BCUT2D eigenvalue weighted by Crippen LogP contribution is 2.23. The van der Waals surface area contributed by atoms with Crippen molar-refractivity contribution in [1.29, 1.82) is 0 Å². The molecule has 0 bridgehead atoms. The van der Waals surface area contributed by atoms with E-state index in [1.807, 2.05) is 29.2 Å². The lowest BCUT2D eigenvalue weighted by Gasteiger charge is -2.22. The van der Waals surface area contributed by atoms with Crippen molar-refractivity contribution in [3.05, 3.63) is 45.7 Å². The van der Waals surface area contributed by atoms with E-state index in [1.54, 1.807) is 0 Å². The lowest BCUT2D eigenvalue weighted by Crippen LogP contribution is -2.35. The van der Waals surface area contributed by atoms with Crippen molar-refractivity contribution in [3.63, 3.8) is 0 Å². The Bertz CT molecular complexity index is 471. The molecule has 1 unspecified atom stereocenters. The molecule has 1 atom stereocenters. The lowest BCUT2D eigenvalue weighted by molar-refractivity contribution is -0.132. The van der Waals surface area contributed by atoms with E-state index in [0.717, 1.165) is 48.8 Å². The first kappa shape index (κ1) is 17.7. The van der Waals surface area contributed by atoms with Crippen molar-refractivity contribution < 1.29 is 4.79 Å². The quantitative estimate of drug-likeness (QED) is 0.615. The summed E-state index contributed by atoms with van der Waals surface area (Å²) in [6, 6.07) is 6.74. The van der Waals surface area contributed by atoms with Crippen LogP contribution in [0.1, 0.15) is 51.1 Å². The maximum Gasteiger partial charge on any atom is 0.325 e. The summed E-state index contributed by atoms with van der Waals surface area (Å²) in [5.41, 5.74) is 0.774. The zero-order valence-corrected chi connectivity index (χ0v) is 14.4. The van der Waals surface area contributed by atoms with Gasteiger partial charge in [-0.1, -0.05) is 42.6 Å². The maximum absolute atomic E-state index is 12.7. The number of unbranched alkanes of at least 4 members (excludes halogenated alkanes) is 2. The van der Waals surface area contributed by atoms with E-state index >= 15 is 0 Å². The van der Waals surface area contributed by atoms with Gasteiger partial charge >= 0.3 is 11.9 Å². The monoisotopic (exact) mass is 350 g/mol. The number of nitrogens with zero attached hydrogens (tertiary/aromatic N) is 2. The van der Waals surface area contributed by atoms with E-state index in [-0.39, 0.29) is 5.91 Å². The summed E-state index contributed by atoms with van der Waals surface area (Å²) in [5.74, 6) is -0.0609. The van der Waals surface area contributed by atoms with Gasteiger partial charge in [-0.3, -0.25) is 9.64 Å². The van der Waals surface area contributed by atoms with E-state index in [2.05, 4.69) is 34.6 Å². The Morgan fingerprint density at radius 2 is 1.71 bits per heavy atom. The summed E-state index contributed by atoms with van der Waals surface area (Å²) >= 11 is 3.38. The molecule has 0 aliphatic rings. The maximum atomic E-state index is 12.7. The molecule has 0 saturated heterocycles. The Morgan fingerprint density at radius 1 is 1.19 bits per heavy atom. The number of hydrogen-bond acceptors (Lipinski definition) is 1. The van der Waals surface area contributed by atoms with Gasteiger partial charge < -0.3 is 4.90 Å². The number of carbonyl (C=O) groups excluding carboxylic acids is 1. The van der Waals surface area contributed by atoms with Crippen LogP contribution in [0.15, 0.2) is 28.7 Å². The van der Waals surface area contributed by atoms with Gasteiger partial charge in [0, 0.05) is 23.1 Å². The molecule has 0 radical (unpaired) electrons. The minimum absolute atomic E-state index is 0.0609. The van der Waals surface area contributed by atoms with Gasteiger partial charge in [-0.05, 0) is 37.1 Å². The van der Waals surface area contributed by atoms with Crippen LogP contribution in [-0.2, 0) is 4.79 Å². The van der Waals surface area contributed by atoms with E-state index < -0.39 is 6.04 Å². The van der Waals surface area contributed by atoms with E-state index in [0.29, 0.717) is 0 Å². The summed E-state index contributed by atoms with van der Waals surface area (Å²) in [5, 5.41) is 0. The van der Waals surface area contributed by atoms with Gasteiger partial charge in [-0.2, -0.15) is 0 Å². The third kappa shape index (κ3) is 5.51. The van der Waals surface area contributed by atoms with Crippen LogP contribution in [-0.4, -0.2) is 23.9 Å². The van der Waals surface area contributed by atoms with Crippen LogP contribution in [0.5, 0.6) is 0 Å². The van der Waals surface area contributed by atoms with Gasteiger partial charge in [0.25, 0.3) is 0 Å². The number of hydrogen-bond donors (Lipinski definition) is 0. The van der Waals surface area contributed by atoms with Crippen LogP contribution in [0.4, 0.5) is 0 Å². The zero-order chi connectivity index (χ0) is 15.7. The van der Waals surface area contributed by atoms with Crippen LogP contribution in [0, 0.1) is 6.57 Å². The van der Waals surface area contributed by atoms with Gasteiger partial charge in [0.15, 0.2) is 0 Å². The van der Waals surface area contributed by atoms with E-state index in [9.17, 15) is 4.79 Å². The van der Waals surface area contributed by atoms with Gasteiger partial charge in [-0.15, -0.1) is 0 Å². The standard InChI is InChI=1S/C17H23BrN2O/c1-4-6-12-20(13-7-5-2)17(21)16(19-3)14-8-10-15(18)11-9-14/h8-11,16H,4-7,12-13H2,1-2H3. The van der Waals surface area contributed by atoms with Gasteiger partial charge in [0.05, 0.1) is 0 Å². The Kier molecular flexibility index (Phi) is 8.07. The van der Waals surface area contributed by atoms with E-state index in [1.165, 1.54) is 0 Å². The average Bonchev–Trinajstić information content (AvgIpc) is 2.50. The first-order chi connectivity index (χ1) is 10.1. The predicted molar refractivity (Wildman–Crippen MR) is 89.9 cm³/mol. The first-order valence-corrected chi connectivity index (χ1v) is 8.34. The Hall–Kier alpha value is -1.34. The molecule has 0 aliphatic carbocycles. The second-order valence-electron chi connectivity index (χ2n) is 5.12. The van der Waals surface area contributed by atoms with Crippen LogP contribution >= 0.6 is 15.9 Å². The van der Waals surface area contributed by atoms with Gasteiger partial charge in [0.2, 0.25) is 0 Å². The molecule has 0 saturated carbocycles. The van der Waals surface area contributed by atoms with Crippen molar-refractivity contribution in [2.45, 2.75) is 45.6 Å². The van der Waals surface area contributed by atoms with Crippen molar-refractivity contribution in [2.24, 2.45) is 0 Å². The Morgan fingerprint density at radius 3 is 2.14 bits per heavy atom. The van der Waals surface area contributed by atoms with Crippen molar-refractivity contribution in [3.8, 4) is 0 Å². The number of benzene rings is 1. The summed E-state index contributed by atoms with van der Waals surface area (Å²) in [6.45, 7) is 13.1. The van der Waals surface area contributed by atoms with Crippen LogP contribution in [0.3, 0.4) is 0 Å². The van der Waals surface area contributed by atoms with Crippen molar-refractivity contribution in [2.75, 3.05) is 13.1 Å². The molecule has 3 nitrogen and oxygen atoms in total. The van der Waals surface area contributed by atoms with Crippen LogP contribution < -0.4 is 0 Å². The molecule has 21 heavy (non-hydrogen) atoms. The number of carbonyl (C=O) groups is 1. The lowest BCUT2D eigenvalue weighted by atomic mass is 10.1. The highest BCUT2D eigenvalue weighted by Gasteiger charge is 2.30. The molecule has 4 heteroatoms. The van der Waals surface area contributed by atoms with Crippen LogP contribution in [0.2, 0.25) is 0 Å². The molecular formula is C17H23BrN2O. The SMILES string of the molecule is [C-]#[N+]C(C(=O)N(CCCC)CCCC)c1ccc(Br)cc1. The third-order valence-electron chi connectivity index (χ3n) is 3.42. The molecule has 0 aromatic heterocycles. The topological polar surface area (TPSA) is 24.7 Å². The highest BCUT2D eigenvalue weighted by atomic mass is 79.9. The molecule has 0 heterocycles. The number of amides is 1. The zero-order valence-electron chi connectivity index (χ0n) is 12.8. The summed E-state index contributed by atoms with van der Waals surface area (Å²) in [6.07, 6.45) is 4.08. The predicted octanol–water partition coefficient (Wildman–Crippen LogP) is 4.84. The van der Waals surface area contributed by atoms with Gasteiger partial charge in [0.1, 0.15) is 0 Å². The fraction of sp³-hybridized carbons (Fsp3) is 0.529. The minimum atomic E-state index is -0.716. The summed E-state index contributed by atoms with van der Waals surface area (Å²) in [7, 11) is 0. The first-order valence-electron chi connectivity index (χ1n) is 7.54. The molecule has 0 spiro atoms. The fourth-order valence-corrected chi connectivity index (χ4v) is 2.38. The molecule has 0 fully saturated rings. The highest BCUT2D eigenvalue weighted by molar-refractivity contribution is 9.10. The molecule has 0 N–H and O–H groups in total. The largest absolute Gasteiger partial charge is 0.336 e. The summed E-state index contributed by atoms with van der Waals surface area (Å²) in [4.78, 5) is 18.1. The molecule has 1 aromatic rings. The van der Waals surface area contributed by atoms with Crippen LogP contribution in [0.25, 0.3) is 4.85 Å². The summed E-state index contributed by atoms with van der Waals surface area (Å²) < 4.78 is 0.955. The fourth-order valence-electron chi connectivity index (χ4n) is 2.12. The molecular weight excluding hydrogens is 328 g/mol. The van der Waals surface area contributed by atoms with Crippen molar-refractivity contribution >= 4 is 21.8 Å². The Balaban J connectivity index is 2.87. The number of rotatable bonds is 8. The van der Waals surface area contributed by atoms with E-state index in [4.69, 9.17) is 6.57 Å². The number of halogens is 1. The second-order valence-corrected chi connectivity index (χ2v) is 6.03. The Labute approximate surface area is 136 Å². The van der Waals surface area contributed by atoms with Gasteiger partial charge in [-0.25, -0.2) is 6.57 Å². The molecule has 1 rings (SSSR count). The second kappa shape index (κ2) is 9.57. The molecule has 1 amide bonds. The molecule has 1 aromatic carbocycles. The van der Waals surface area contributed by atoms with Crippen molar-refractivity contribution in [1.82, 2.24) is 4.90 Å². The average molecular weight is 351 g/mol. The normalized spacial score (nSPS) is 11.7. The minimum Gasteiger partial charge on any atom is -0.336 e. The smallest absolute Gasteiger partial charge is 0.325 e.